The molecule has 0 aromatic rings. The predicted molar refractivity (Wildman–Crippen MR) is 138 cm³/mol. The summed E-state index contributed by atoms with van der Waals surface area (Å²) in [5.41, 5.74) is -1.51. The number of rotatable bonds is 13. The molecule has 0 bridgehead atoms. The van der Waals surface area contributed by atoms with Crippen LogP contribution in [-0.2, 0) is 38.1 Å². The Hall–Kier alpha value is -2.90. The highest BCUT2D eigenvalue weighted by atomic mass is 16.6. The average molecular weight is 519 g/mol. The van der Waals surface area contributed by atoms with Gasteiger partial charge in [-0.15, -0.1) is 0 Å². The molecule has 0 saturated carbocycles. The zero-order valence-corrected chi connectivity index (χ0v) is 22.8. The van der Waals surface area contributed by atoms with Gasteiger partial charge in [-0.25, -0.2) is 0 Å². The minimum absolute atomic E-state index is 0.176. The summed E-state index contributed by atoms with van der Waals surface area (Å²) in [5.74, 6) is -1.69. The van der Waals surface area contributed by atoms with E-state index in [1.54, 1.807) is 6.08 Å². The van der Waals surface area contributed by atoms with Gasteiger partial charge >= 0.3 is 23.9 Å². The van der Waals surface area contributed by atoms with Gasteiger partial charge in [0.2, 0.25) is 0 Å². The second kappa shape index (κ2) is 14.1. The first-order valence-corrected chi connectivity index (χ1v) is 13.4. The molecule has 2 aliphatic carbocycles. The Morgan fingerprint density at radius 3 is 2.22 bits per heavy atom. The van der Waals surface area contributed by atoms with Gasteiger partial charge in [-0.2, -0.15) is 0 Å². The van der Waals surface area contributed by atoms with Crippen molar-refractivity contribution in [3.8, 4) is 0 Å². The van der Waals surface area contributed by atoms with E-state index in [1.165, 1.54) is 0 Å². The molecule has 8 nitrogen and oxygen atoms in total. The Bertz CT molecular complexity index is 913. The minimum Gasteiger partial charge on any atom is -0.459 e. The normalized spacial score (nSPS) is 23.1. The number of esters is 4. The van der Waals surface area contributed by atoms with E-state index < -0.39 is 47.9 Å². The Morgan fingerprint density at radius 2 is 1.59 bits per heavy atom. The molecule has 37 heavy (non-hydrogen) atoms. The van der Waals surface area contributed by atoms with E-state index in [9.17, 15) is 19.2 Å². The molecule has 0 aromatic heterocycles. The largest absolute Gasteiger partial charge is 0.459 e. The number of hydrogen-bond acceptors (Lipinski definition) is 8. The first kappa shape index (κ1) is 30.3. The van der Waals surface area contributed by atoms with Crippen molar-refractivity contribution in [2.24, 2.45) is 5.92 Å². The van der Waals surface area contributed by atoms with Crippen LogP contribution in [0.4, 0.5) is 0 Å². The van der Waals surface area contributed by atoms with Gasteiger partial charge in [0.05, 0.1) is 0 Å². The standard InChI is InChI=1S/C29H42O8/c1-6-22(7-2)17-21(4)34-24(30)18-27(33)37-29(8-3)16-12-13-23(20-29)35-25(31)19-26(32)36-28(5)14-10-9-11-15-28/h9-10,13,22H,4,6-8,11-12,14-20H2,1-3,5H3. The van der Waals surface area contributed by atoms with Crippen LogP contribution in [-0.4, -0.2) is 35.1 Å². The monoisotopic (exact) mass is 518 g/mol. The van der Waals surface area contributed by atoms with E-state index in [-0.39, 0.29) is 6.42 Å². The number of carbonyl (C=O) groups is 4. The summed E-state index contributed by atoms with van der Waals surface area (Å²) < 4.78 is 21.9. The fourth-order valence-corrected chi connectivity index (χ4v) is 4.69. The molecule has 0 spiro atoms. The Kier molecular flexibility index (Phi) is 11.6. The summed E-state index contributed by atoms with van der Waals surface area (Å²) in [6.45, 7) is 11.6. The van der Waals surface area contributed by atoms with Crippen molar-refractivity contribution >= 4 is 23.9 Å². The average Bonchev–Trinajstić information content (AvgIpc) is 2.82. The molecule has 206 valence electrons. The number of allylic oxidation sites excluding steroid dienone is 3. The lowest BCUT2D eigenvalue weighted by atomic mass is 9.85. The molecule has 0 fully saturated rings. The minimum atomic E-state index is -0.906. The summed E-state index contributed by atoms with van der Waals surface area (Å²) in [6.07, 6.45) is 11.1. The molecule has 0 heterocycles. The van der Waals surface area contributed by atoms with Gasteiger partial charge in [-0.1, -0.05) is 52.3 Å². The summed E-state index contributed by atoms with van der Waals surface area (Å²) in [5, 5.41) is 0. The van der Waals surface area contributed by atoms with Gasteiger partial charge in [0.25, 0.3) is 0 Å². The lowest BCUT2D eigenvalue weighted by Gasteiger charge is -2.35. The van der Waals surface area contributed by atoms with Crippen molar-refractivity contribution in [3.63, 3.8) is 0 Å². The summed E-state index contributed by atoms with van der Waals surface area (Å²) >= 11 is 0. The quantitative estimate of drug-likeness (QED) is 0.0962. The highest BCUT2D eigenvalue weighted by molar-refractivity contribution is 5.92. The molecule has 2 atom stereocenters. The van der Waals surface area contributed by atoms with E-state index >= 15 is 0 Å². The molecule has 0 aromatic carbocycles. The van der Waals surface area contributed by atoms with Crippen LogP contribution in [0.15, 0.2) is 36.3 Å². The van der Waals surface area contributed by atoms with E-state index in [2.05, 4.69) is 20.4 Å². The van der Waals surface area contributed by atoms with Gasteiger partial charge in [0.15, 0.2) is 0 Å². The Morgan fingerprint density at radius 1 is 0.919 bits per heavy atom. The Labute approximate surface area is 220 Å². The van der Waals surface area contributed by atoms with Crippen LogP contribution in [0.25, 0.3) is 0 Å². The van der Waals surface area contributed by atoms with Crippen molar-refractivity contribution in [2.75, 3.05) is 0 Å². The third-order valence-corrected chi connectivity index (χ3v) is 7.11. The van der Waals surface area contributed by atoms with E-state index in [1.807, 2.05) is 26.0 Å². The fourth-order valence-electron chi connectivity index (χ4n) is 4.69. The van der Waals surface area contributed by atoms with Gasteiger partial charge in [0, 0.05) is 19.3 Å². The van der Waals surface area contributed by atoms with Crippen molar-refractivity contribution < 1.29 is 38.1 Å². The lowest BCUT2D eigenvalue weighted by molar-refractivity contribution is -0.166. The smallest absolute Gasteiger partial charge is 0.322 e. The predicted octanol–water partition coefficient (Wildman–Crippen LogP) is 5.99. The number of hydrogen-bond donors (Lipinski definition) is 0. The van der Waals surface area contributed by atoms with Gasteiger partial charge in [0.1, 0.15) is 35.6 Å². The third kappa shape index (κ3) is 10.2. The van der Waals surface area contributed by atoms with Crippen LogP contribution in [0.5, 0.6) is 0 Å². The maximum atomic E-state index is 12.5. The molecule has 8 heteroatoms. The third-order valence-electron chi connectivity index (χ3n) is 7.11. The zero-order chi connectivity index (χ0) is 27.5. The zero-order valence-electron chi connectivity index (χ0n) is 22.8. The molecule has 2 rings (SSSR count). The van der Waals surface area contributed by atoms with Crippen LogP contribution in [0.2, 0.25) is 0 Å². The van der Waals surface area contributed by atoms with Gasteiger partial charge in [-0.05, 0) is 51.0 Å². The first-order valence-electron chi connectivity index (χ1n) is 13.4. The summed E-state index contributed by atoms with van der Waals surface area (Å²) in [4.78, 5) is 49.5. The van der Waals surface area contributed by atoms with Crippen molar-refractivity contribution in [3.05, 3.63) is 36.3 Å². The maximum absolute atomic E-state index is 12.5. The van der Waals surface area contributed by atoms with Crippen molar-refractivity contribution in [1.29, 1.82) is 0 Å². The van der Waals surface area contributed by atoms with E-state index in [0.29, 0.717) is 56.0 Å². The molecule has 2 unspecified atom stereocenters. The highest BCUT2D eigenvalue weighted by Gasteiger charge is 2.38. The fraction of sp³-hybridized carbons (Fsp3) is 0.655. The Balaban J connectivity index is 1.84. The van der Waals surface area contributed by atoms with Crippen LogP contribution in [0.3, 0.4) is 0 Å². The van der Waals surface area contributed by atoms with Gasteiger partial charge < -0.3 is 18.9 Å². The molecular weight excluding hydrogens is 476 g/mol. The van der Waals surface area contributed by atoms with Crippen molar-refractivity contribution in [1.82, 2.24) is 0 Å². The van der Waals surface area contributed by atoms with Crippen LogP contribution >= 0.6 is 0 Å². The van der Waals surface area contributed by atoms with Crippen molar-refractivity contribution in [2.45, 2.75) is 116 Å². The second-order valence-corrected chi connectivity index (χ2v) is 10.3. The molecule has 0 amide bonds. The lowest BCUT2D eigenvalue weighted by Crippen LogP contribution is -2.38. The number of carbonyl (C=O) groups excluding carboxylic acids is 4. The summed E-state index contributed by atoms with van der Waals surface area (Å²) in [7, 11) is 0. The molecule has 2 aliphatic rings. The van der Waals surface area contributed by atoms with E-state index in [4.69, 9.17) is 18.9 Å². The maximum Gasteiger partial charge on any atom is 0.322 e. The van der Waals surface area contributed by atoms with Crippen LogP contribution in [0, 0.1) is 5.92 Å². The van der Waals surface area contributed by atoms with Crippen LogP contribution in [0.1, 0.15) is 105 Å². The SMILES string of the molecule is C=C(CC(CC)CC)OC(=O)CC(=O)OC1(CC)CCC=C(OC(=O)CC(=O)OC2(C)CC=CCC2)C1. The highest BCUT2D eigenvalue weighted by Crippen LogP contribution is 2.36. The van der Waals surface area contributed by atoms with Gasteiger partial charge in [-0.3, -0.25) is 19.2 Å². The molecule has 0 saturated heterocycles. The molecule has 0 N–H and O–H groups in total. The molecule has 0 radical (unpaired) electrons. The second-order valence-electron chi connectivity index (χ2n) is 10.3. The van der Waals surface area contributed by atoms with Crippen LogP contribution < -0.4 is 0 Å². The molecule has 0 aliphatic heterocycles. The number of ether oxygens (including phenoxy) is 4. The van der Waals surface area contributed by atoms with E-state index in [0.717, 1.165) is 19.3 Å². The first-order chi connectivity index (χ1) is 17.5. The molecular formula is C29H42O8. The topological polar surface area (TPSA) is 105 Å². The summed E-state index contributed by atoms with van der Waals surface area (Å²) in [6, 6.07) is 0.